The standard InChI is InChI=1S/C22H20BrN3O3/c1-12(9-20(27)28)16-11-19-18(10-17(16)13-3-4-13)21(22(29)24-2)26(25-19)15-7-5-14(23)6-8-15/h5-11,13H,3-4H2,1-2H3,(H,24,29)(H,27,28)/b12-9-. The van der Waals surface area contributed by atoms with Crippen LogP contribution >= 0.6 is 15.9 Å². The van der Waals surface area contributed by atoms with E-state index >= 15 is 0 Å². The van der Waals surface area contributed by atoms with Gasteiger partial charge in [-0.25, -0.2) is 9.48 Å². The van der Waals surface area contributed by atoms with Crippen LogP contribution in [-0.4, -0.2) is 33.8 Å². The number of nitrogens with zero attached hydrogens (tertiary/aromatic N) is 2. The molecular weight excluding hydrogens is 434 g/mol. The first-order valence-corrected chi connectivity index (χ1v) is 10.1. The van der Waals surface area contributed by atoms with Crippen LogP contribution in [0, 0.1) is 0 Å². The van der Waals surface area contributed by atoms with Crippen molar-refractivity contribution >= 4 is 44.3 Å². The molecule has 0 spiro atoms. The molecule has 0 radical (unpaired) electrons. The number of fused-ring (bicyclic) bond motifs is 1. The molecule has 1 aromatic heterocycles. The zero-order valence-corrected chi connectivity index (χ0v) is 17.7. The number of aliphatic carboxylic acids is 1. The van der Waals surface area contributed by atoms with Gasteiger partial charge in [0, 0.05) is 23.0 Å². The SMILES string of the molecule is CNC(=O)c1c2cc(C3CC3)c(/C(C)=C\C(=O)O)cc2nn1-c1ccc(Br)cc1. The molecule has 1 aliphatic rings. The number of allylic oxidation sites excluding steroid dienone is 1. The molecule has 1 saturated carbocycles. The van der Waals surface area contributed by atoms with E-state index in [-0.39, 0.29) is 5.91 Å². The lowest BCUT2D eigenvalue weighted by Gasteiger charge is -2.10. The Labute approximate surface area is 176 Å². The number of nitrogens with one attached hydrogen (secondary N) is 1. The minimum absolute atomic E-state index is 0.220. The highest BCUT2D eigenvalue weighted by atomic mass is 79.9. The molecule has 0 unspecified atom stereocenters. The molecule has 2 aromatic carbocycles. The van der Waals surface area contributed by atoms with Gasteiger partial charge >= 0.3 is 5.97 Å². The van der Waals surface area contributed by atoms with E-state index in [1.165, 1.54) is 6.08 Å². The quantitative estimate of drug-likeness (QED) is 0.556. The molecule has 2 N–H and O–H groups in total. The van der Waals surface area contributed by atoms with E-state index in [0.717, 1.165) is 39.5 Å². The number of hydrogen-bond acceptors (Lipinski definition) is 3. The second-order valence-corrected chi connectivity index (χ2v) is 8.13. The lowest BCUT2D eigenvalue weighted by molar-refractivity contribution is -0.131. The molecule has 0 atom stereocenters. The second kappa shape index (κ2) is 7.48. The summed E-state index contributed by atoms with van der Waals surface area (Å²) in [6.45, 7) is 1.80. The van der Waals surface area contributed by atoms with E-state index in [0.29, 0.717) is 22.7 Å². The highest BCUT2D eigenvalue weighted by Crippen LogP contribution is 2.45. The van der Waals surface area contributed by atoms with Crippen LogP contribution in [-0.2, 0) is 4.79 Å². The number of carbonyl (C=O) groups excluding carboxylic acids is 1. The van der Waals surface area contributed by atoms with Gasteiger partial charge in [0.1, 0.15) is 5.69 Å². The lowest BCUT2D eigenvalue weighted by atomic mass is 9.95. The van der Waals surface area contributed by atoms with Crippen LogP contribution in [0.25, 0.3) is 22.2 Å². The molecule has 7 heteroatoms. The third-order valence-corrected chi connectivity index (χ3v) is 5.67. The van der Waals surface area contributed by atoms with Crippen molar-refractivity contribution in [3.63, 3.8) is 0 Å². The summed E-state index contributed by atoms with van der Waals surface area (Å²) in [5, 5.41) is 17.3. The molecule has 0 aliphatic heterocycles. The molecule has 1 heterocycles. The largest absolute Gasteiger partial charge is 0.478 e. The summed E-state index contributed by atoms with van der Waals surface area (Å²) < 4.78 is 2.58. The third kappa shape index (κ3) is 3.70. The van der Waals surface area contributed by atoms with Crippen LogP contribution < -0.4 is 5.32 Å². The van der Waals surface area contributed by atoms with E-state index in [4.69, 9.17) is 5.10 Å². The maximum absolute atomic E-state index is 12.7. The minimum atomic E-state index is -0.976. The van der Waals surface area contributed by atoms with E-state index in [1.54, 1.807) is 18.7 Å². The van der Waals surface area contributed by atoms with Crippen LogP contribution in [0.5, 0.6) is 0 Å². The van der Waals surface area contributed by atoms with E-state index < -0.39 is 5.97 Å². The van der Waals surface area contributed by atoms with Crippen molar-refractivity contribution < 1.29 is 14.7 Å². The van der Waals surface area contributed by atoms with Crippen molar-refractivity contribution in [3.8, 4) is 5.69 Å². The highest BCUT2D eigenvalue weighted by Gasteiger charge is 2.29. The van der Waals surface area contributed by atoms with Crippen molar-refractivity contribution in [2.75, 3.05) is 7.05 Å². The Morgan fingerprint density at radius 1 is 1.24 bits per heavy atom. The number of amides is 1. The zero-order valence-electron chi connectivity index (χ0n) is 16.1. The van der Waals surface area contributed by atoms with Gasteiger partial charge in [-0.05, 0) is 78.8 Å². The van der Waals surface area contributed by atoms with Gasteiger partial charge in [0.05, 0.1) is 11.2 Å². The number of benzene rings is 2. The molecule has 0 bridgehead atoms. The lowest BCUT2D eigenvalue weighted by Crippen LogP contribution is -2.21. The minimum Gasteiger partial charge on any atom is -0.478 e. The average molecular weight is 454 g/mol. The van der Waals surface area contributed by atoms with Crippen molar-refractivity contribution in [1.29, 1.82) is 0 Å². The maximum Gasteiger partial charge on any atom is 0.328 e. The molecule has 4 rings (SSSR count). The zero-order chi connectivity index (χ0) is 20.7. The van der Waals surface area contributed by atoms with Gasteiger partial charge in [0.15, 0.2) is 0 Å². The van der Waals surface area contributed by atoms with Crippen LogP contribution in [0.2, 0.25) is 0 Å². The Hall–Kier alpha value is -2.93. The van der Waals surface area contributed by atoms with Crippen molar-refractivity contribution in [2.24, 2.45) is 0 Å². The van der Waals surface area contributed by atoms with E-state index in [1.807, 2.05) is 36.4 Å². The molecule has 3 aromatic rings. The van der Waals surface area contributed by atoms with Crippen molar-refractivity contribution in [3.05, 3.63) is 63.8 Å². The molecule has 6 nitrogen and oxygen atoms in total. The summed E-state index contributed by atoms with van der Waals surface area (Å²) in [6, 6.07) is 11.5. The summed E-state index contributed by atoms with van der Waals surface area (Å²) in [7, 11) is 1.60. The Morgan fingerprint density at radius 2 is 1.93 bits per heavy atom. The second-order valence-electron chi connectivity index (χ2n) is 7.21. The summed E-state index contributed by atoms with van der Waals surface area (Å²) >= 11 is 3.43. The first-order chi connectivity index (χ1) is 13.9. The molecule has 1 amide bonds. The highest BCUT2D eigenvalue weighted by molar-refractivity contribution is 9.10. The molecule has 1 fully saturated rings. The van der Waals surface area contributed by atoms with Gasteiger partial charge < -0.3 is 10.4 Å². The molecule has 1 aliphatic carbocycles. The number of hydrogen-bond donors (Lipinski definition) is 2. The first kappa shape index (κ1) is 19.4. The number of rotatable bonds is 5. The summed E-state index contributed by atoms with van der Waals surface area (Å²) in [5.41, 5.74) is 4.54. The number of carboxylic acids is 1. The number of carbonyl (C=O) groups is 2. The fraction of sp³-hybridized carbons (Fsp3) is 0.227. The monoisotopic (exact) mass is 453 g/mol. The van der Waals surface area contributed by atoms with E-state index in [2.05, 4.69) is 21.2 Å². The topological polar surface area (TPSA) is 84.2 Å². The van der Waals surface area contributed by atoms with E-state index in [9.17, 15) is 14.7 Å². The summed E-state index contributed by atoms with van der Waals surface area (Å²) in [6.07, 6.45) is 3.35. The maximum atomic E-state index is 12.7. The fourth-order valence-electron chi connectivity index (χ4n) is 3.59. The molecule has 148 valence electrons. The van der Waals surface area contributed by atoms with Gasteiger partial charge in [-0.15, -0.1) is 0 Å². The first-order valence-electron chi connectivity index (χ1n) is 9.35. The van der Waals surface area contributed by atoms with Gasteiger partial charge in [0.2, 0.25) is 0 Å². The third-order valence-electron chi connectivity index (χ3n) is 5.14. The van der Waals surface area contributed by atoms with Crippen LogP contribution in [0.4, 0.5) is 0 Å². The fourth-order valence-corrected chi connectivity index (χ4v) is 3.86. The van der Waals surface area contributed by atoms with Gasteiger partial charge in [0.25, 0.3) is 5.91 Å². The number of aromatic nitrogens is 2. The smallest absolute Gasteiger partial charge is 0.328 e. The predicted octanol–water partition coefficient (Wildman–Crippen LogP) is 4.51. The Balaban J connectivity index is 1.99. The van der Waals surface area contributed by atoms with Crippen molar-refractivity contribution in [1.82, 2.24) is 15.1 Å². The molecule has 0 saturated heterocycles. The van der Waals surface area contributed by atoms with Crippen molar-refractivity contribution in [2.45, 2.75) is 25.7 Å². The summed E-state index contributed by atoms with van der Waals surface area (Å²) in [4.78, 5) is 23.9. The van der Waals surface area contributed by atoms with Crippen LogP contribution in [0.1, 0.15) is 47.3 Å². The Bertz CT molecular complexity index is 1160. The number of halogens is 1. The van der Waals surface area contributed by atoms with Gasteiger partial charge in [-0.2, -0.15) is 5.10 Å². The Morgan fingerprint density at radius 3 is 2.52 bits per heavy atom. The predicted molar refractivity (Wildman–Crippen MR) is 115 cm³/mol. The average Bonchev–Trinajstić information content (AvgIpc) is 3.47. The van der Waals surface area contributed by atoms with Gasteiger partial charge in [-0.3, -0.25) is 4.79 Å². The molecule has 29 heavy (non-hydrogen) atoms. The summed E-state index contributed by atoms with van der Waals surface area (Å²) in [5.74, 6) is -0.807. The normalized spacial score (nSPS) is 14.2. The van der Waals surface area contributed by atoms with Crippen LogP contribution in [0.3, 0.4) is 0 Å². The Kier molecular flexibility index (Phi) is 5.00. The van der Waals surface area contributed by atoms with Crippen LogP contribution in [0.15, 0.2) is 46.9 Å². The molecular formula is C22H20BrN3O3. The number of carboxylic acid groups (broad SMARTS) is 1. The van der Waals surface area contributed by atoms with Gasteiger partial charge in [-0.1, -0.05) is 15.9 Å².